The molecule has 1 atom stereocenters. The first-order valence-corrected chi connectivity index (χ1v) is 6.71. The predicted octanol–water partition coefficient (Wildman–Crippen LogP) is 0.132. The van der Waals surface area contributed by atoms with Gasteiger partial charge in [-0.25, -0.2) is 17.9 Å². The molecule has 0 heterocycles. The van der Waals surface area contributed by atoms with Gasteiger partial charge >= 0.3 is 5.97 Å². The Morgan fingerprint density at radius 2 is 1.94 bits per heavy atom. The molecule has 2 N–H and O–H groups in total. The van der Waals surface area contributed by atoms with Crippen LogP contribution in [0, 0.1) is 0 Å². The van der Waals surface area contributed by atoms with Crippen molar-refractivity contribution in [2.24, 2.45) is 0 Å². The molecule has 0 bridgehead atoms. The molecule has 18 heavy (non-hydrogen) atoms. The fraction of sp³-hybridized carbons (Fsp3) is 0.364. The van der Waals surface area contributed by atoms with Gasteiger partial charge in [0.2, 0.25) is 10.0 Å². The van der Waals surface area contributed by atoms with Crippen LogP contribution in [-0.2, 0) is 14.8 Å². The van der Waals surface area contributed by atoms with Crippen molar-refractivity contribution in [2.45, 2.75) is 17.9 Å². The Morgan fingerprint density at radius 1 is 1.39 bits per heavy atom. The van der Waals surface area contributed by atoms with E-state index in [1.54, 1.807) is 0 Å². The number of rotatable bonds is 5. The first-order chi connectivity index (χ1) is 8.36. The van der Waals surface area contributed by atoms with E-state index in [1.807, 2.05) is 0 Å². The van der Waals surface area contributed by atoms with Crippen molar-refractivity contribution in [3.63, 3.8) is 0 Å². The molecule has 0 aliphatic carbocycles. The van der Waals surface area contributed by atoms with Crippen LogP contribution >= 0.6 is 0 Å². The largest absolute Gasteiger partial charge is 0.465 e. The molecule has 0 fully saturated rings. The Hall–Kier alpha value is -1.44. The maximum absolute atomic E-state index is 11.7. The van der Waals surface area contributed by atoms with Crippen LogP contribution in [0.5, 0.6) is 0 Å². The molecule has 1 rings (SSSR count). The fourth-order valence-corrected chi connectivity index (χ4v) is 2.32. The molecule has 1 aromatic carbocycles. The Balaban J connectivity index is 2.87. The summed E-state index contributed by atoms with van der Waals surface area (Å²) in [5.74, 6) is -0.532. The zero-order valence-electron chi connectivity index (χ0n) is 10.1. The van der Waals surface area contributed by atoms with E-state index in [-0.39, 0.29) is 17.0 Å². The highest BCUT2D eigenvalue weighted by atomic mass is 32.2. The van der Waals surface area contributed by atoms with Gasteiger partial charge < -0.3 is 9.84 Å². The van der Waals surface area contributed by atoms with Crippen molar-refractivity contribution in [1.29, 1.82) is 0 Å². The van der Waals surface area contributed by atoms with Gasteiger partial charge in [0.1, 0.15) is 0 Å². The zero-order chi connectivity index (χ0) is 13.8. The van der Waals surface area contributed by atoms with E-state index in [1.165, 1.54) is 38.3 Å². The molecule has 0 radical (unpaired) electrons. The van der Waals surface area contributed by atoms with Gasteiger partial charge in [-0.15, -0.1) is 0 Å². The van der Waals surface area contributed by atoms with Gasteiger partial charge in [0, 0.05) is 6.54 Å². The molecule has 6 nitrogen and oxygen atoms in total. The Labute approximate surface area is 106 Å². The van der Waals surface area contributed by atoms with Crippen molar-refractivity contribution < 1.29 is 23.1 Å². The normalized spacial score (nSPS) is 13.1. The molecule has 0 saturated heterocycles. The number of carbonyl (C=O) groups excluding carboxylic acids is 1. The van der Waals surface area contributed by atoms with Crippen LogP contribution in [-0.4, -0.2) is 39.3 Å². The van der Waals surface area contributed by atoms with Gasteiger partial charge in [-0.05, 0) is 31.2 Å². The average Bonchev–Trinajstić information content (AvgIpc) is 2.36. The number of sulfonamides is 1. The number of nitrogens with one attached hydrogen (secondary N) is 1. The molecular formula is C11H15NO5S. The Kier molecular flexibility index (Phi) is 4.83. The SMILES string of the molecule is COC(=O)c1ccc(S(=O)(=O)NC[C@H](C)O)cc1. The van der Waals surface area contributed by atoms with Crippen LogP contribution in [0.2, 0.25) is 0 Å². The second-order valence-electron chi connectivity index (χ2n) is 3.72. The van der Waals surface area contributed by atoms with Crippen LogP contribution < -0.4 is 4.72 Å². The Morgan fingerprint density at radius 3 is 2.39 bits per heavy atom. The summed E-state index contributed by atoms with van der Waals surface area (Å²) in [4.78, 5) is 11.2. The van der Waals surface area contributed by atoms with E-state index >= 15 is 0 Å². The number of esters is 1. The molecule has 0 aliphatic rings. The molecule has 0 unspecified atom stereocenters. The number of hydrogen-bond acceptors (Lipinski definition) is 5. The molecule has 100 valence electrons. The highest BCUT2D eigenvalue weighted by Gasteiger charge is 2.15. The van der Waals surface area contributed by atoms with Gasteiger partial charge in [-0.2, -0.15) is 0 Å². The molecule has 0 saturated carbocycles. The van der Waals surface area contributed by atoms with Gasteiger partial charge in [-0.1, -0.05) is 0 Å². The number of aliphatic hydroxyl groups excluding tert-OH is 1. The van der Waals surface area contributed by atoms with Crippen molar-refractivity contribution in [3.8, 4) is 0 Å². The minimum Gasteiger partial charge on any atom is -0.465 e. The summed E-state index contributed by atoms with van der Waals surface area (Å²) >= 11 is 0. The second-order valence-corrected chi connectivity index (χ2v) is 5.48. The first kappa shape index (κ1) is 14.6. The maximum atomic E-state index is 11.7. The quantitative estimate of drug-likeness (QED) is 0.744. The van der Waals surface area contributed by atoms with E-state index in [0.29, 0.717) is 0 Å². The standard InChI is InChI=1S/C11H15NO5S/c1-8(13)7-12-18(15,16)10-5-3-9(4-6-10)11(14)17-2/h3-6,8,12-13H,7H2,1-2H3/t8-/m0/s1. The second kappa shape index (κ2) is 5.94. The third-order valence-corrected chi connectivity index (χ3v) is 3.59. The number of methoxy groups -OCH3 is 1. The predicted molar refractivity (Wildman–Crippen MR) is 64.7 cm³/mol. The smallest absolute Gasteiger partial charge is 0.337 e. The minimum atomic E-state index is -3.67. The lowest BCUT2D eigenvalue weighted by atomic mass is 10.2. The molecule has 0 aliphatic heterocycles. The number of carbonyl (C=O) groups is 1. The summed E-state index contributed by atoms with van der Waals surface area (Å²) in [6, 6.07) is 5.33. The third kappa shape index (κ3) is 3.80. The number of ether oxygens (including phenoxy) is 1. The van der Waals surface area contributed by atoms with E-state index < -0.39 is 22.1 Å². The summed E-state index contributed by atoms with van der Waals surface area (Å²) < 4.78 is 30.2. The van der Waals surface area contributed by atoms with E-state index in [9.17, 15) is 13.2 Å². The molecule has 0 amide bonds. The van der Waals surface area contributed by atoms with E-state index in [0.717, 1.165) is 0 Å². The van der Waals surface area contributed by atoms with Crippen LogP contribution in [0.1, 0.15) is 17.3 Å². The third-order valence-electron chi connectivity index (χ3n) is 2.15. The first-order valence-electron chi connectivity index (χ1n) is 5.23. The molecule has 0 spiro atoms. The number of aliphatic hydroxyl groups is 1. The monoisotopic (exact) mass is 273 g/mol. The van der Waals surface area contributed by atoms with E-state index in [2.05, 4.69) is 9.46 Å². The van der Waals surface area contributed by atoms with Gasteiger partial charge in [0.15, 0.2) is 0 Å². The topological polar surface area (TPSA) is 92.7 Å². The Bertz CT molecular complexity index is 507. The summed E-state index contributed by atoms with van der Waals surface area (Å²) in [5, 5.41) is 9.02. The average molecular weight is 273 g/mol. The molecule has 0 aromatic heterocycles. The summed E-state index contributed by atoms with van der Waals surface area (Å²) in [6.07, 6.45) is -0.769. The van der Waals surface area contributed by atoms with Gasteiger partial charge in [0.25, 0.3) is 0 Å². The van der Waals surface area contributed by atoms with Crippen molar-refractivity contribution >= 4 is 16.0 Å². The zero-order valence-corrected chi connectivity index (χ0v) is 10.9. The molecule has 7 heteroatoms. The molecular weight excluding hydrogens is 258 g/mol. The van der Waals surface area contributed by atoms with Crippen LogP contribution in [0.15, 0.2) is 29.2 Å². The minimum absolute atomic E-state index is 0.0239. The maximum Gasteiger partial charge on any atom is 0.337 e. The summed E-state index contributed by atoms with van der Waals surface area (Å²) in [6.45, 7) is 1.41. The van der Waals surface area contributed by atoms with Crippen molar-refractivity contribution in [2.75, 3.05) is 13.7 Å². The highest BCUT2D eigenvalue weighted by molar-refractivity contribution is 7.89. The van der Waals surface area contributed by atoms with Crippen molar-refractivity contribution in [3.05, 3.63) is 29.8 Å². The highest BCUT2D eigenvalue weighted by Crippen LogP contribution is 2.11. The summed E-state index contributed by atoms with van der Waals surface area (Å²) in [7, 11) is -2.42. The van der Waals surface area contributed by atoms with Crippen molar-refractivity contribution in [1.82, 2.24) is 4.72 Å². The van der Waals surface area contributed by atoms with E-state index in [4.69, 9.17) is 5.11 Å². The molecule has 1 aromatic rings. The van der Waals surface area contributed by atoms with Crippen LogP contribution in [0.25, 0.3) is 0 Å². The van der Waals surface area contributed by atoms with Crippen LogP contribution in [0.4, 0.5) is 0 Å². The lowest BCUT2D eigenvalue weighted by molar-refractivity contribution is 0.0600. The van der Waals surface area contributed by atoms with Gasteiger partial charge in [0.05, 0.1) is 23.7 Å². The fourth-order valence-electron chi connectivity index (χ4n) is 1.20. The lowest BCUT2D eigenvalue weighted by Crippen LogP contribution is -2.30. The van der Waals surface area contributed by atoms with Crippen LogP contribution in [0.3, 0.4) is 0 Å². The number of benzene rings is 1. The summed E-state index contributed by atoms with van der Waals surface area (Å²) in [5.41, 5.74) is 0.270. The number of hydrogen-bond donors (Lipinski definition) is 2. The van der Waals surface area contributed by atoms with Gasteiger partial charge in [-0.3, -0.25) is 0 Å². The lowest BCUT2D eigenvalue weighted by Gasteiger charge is -2.08.